The van der Waals surface area contributed by atoms with Gasteiger partial charge >= 0.3 is 0 Å². The van der Waals surface area contributed by atoms with Crippen LogP contribution in [-0.2, 0) is 0 Å². The van der Waals surface area contributed by atoms with Crippen molar-refractivity contribution in [3.05, 3.63) is 66.7 Å². The normalized spacial score (nSPS) is 14.1. The van der Waals surface area contributed by atoms with Crippen molar-refractivity contribution in [2.24, 2.45) is 0 Å². The number of halogens is 1. The molecule has 0 bridgehead atoms. The molecular formula is C21H21FN4O2. The van der Waals surface area contributed by atoms with Crippen LogP contribution in [0.5, 0.6) is 17.4 Å². The second-order valence-corrected chi connectivity index (χ2v) is 6.39. The third-order valence-electron chi connectivity index (χ3n) is 4.71. The second-order valence-electron chi connectivity index (χ2n) is 6.39. The first kappa shape index (κ1) is 18.0. The summed E-state index contributed by atoms with van der Waals surface area (Å²) >= 11 is 0. The number of rotatable bonds is 5. The number of anilines is 2. The van der Waals surface area contributed by atoms with Crippen LogP contribution in [0.25, 0.3) is 0 Å². The Morgan fingerprint density at radius 1 is 0.857 bits per heavy atom. The zero-order valence-corrected chi connectivity index (χ0v) is 15.6. The van der Waals surface area contributed by atoms with Crippen LogP contribution in [0.4, 0.5) is 15.9 Å². The molecule has 1 fully saturated rings. The molecule has 1 aromatic heterocycles. The number of benzene rings is 2. The average Bonchev–Trinajstić information content (AvgIpc) is 2.76. The van der Waals surface area contributed by atoms with Crippen molar-refractivity contribution in [2.45, 2.75) is 0 Å². The van der Waals surface area contributed by atoms with Gasteiger partial charge in [-0.3, -0.25) is 0 Å². The van der Waals surface area contributed by atoms with E-state index in [1.807, 2.05) is 18.2 Å². The Labute approximate surface area is 163 Å². The van der Waals surface area contributed by atoms with Gasteiger partial charge in [-0.25, -0.2) is 14.4 Å². The van der Waals surface area contributed by atoms with Gasteiger partial charge in [-0.05, 0) is 24.3 Å². The highest BCUT2D eigenvalue weighted by atomic mass is 19.1. The van der Waals surface area contributed by atoms with Crippen LogP contribution in [0.3, 0.4) is 0 Å². The van der Waals surface area contributed by atoms with Gasteiger partial charge < -0.3 is 19.3 Å². The molecule has 0 spiro atoms. The Morgan fingerprint density at radius 3 is 2.29 bits per heavy atom. The highest BCUT2D eigenvalue weighted by Gasteiger charge is 2.21. The summed E-state index contributed by atoms with van der Waals surface area (Å²) in [6, 6.07) is 16.0. The minimum atomic E-state index is -0.423. The van der Waals surface area contributed by atoms with E-state index in [1.54, 1.807) is 31.4 Å². The smallest absolute Gasteiger partial charge is 0.224 e. The highest BCUT2D eigenvalue weighted by Crippen LogP contribution is 2.29. The van der Waals surface area contributed by atoms with Crippen LogP contribution in [-0.4, -0.2) is 43.3 Å². The van der Waals surface area contributed by atoms with E-state index >= 15 is 0 Å². The fraction of sp³-hybridized carbons (Fsp3) is 0.238. The number of para-hydroxylation sites is 3. The summed E-state index contributed by atoms with van der Waals surface area (Å²) in [4.78, 5) is 12.9. The SMILES string of the molecule is COc1ccccc1N1CCN(c2cc(Oc3ccccc3F)ncn2)CC1. The van der Waals surface area contributed by atoms with Gasteiger partial charge in [0.15, 0.2) is 11.6 Å². The number of hydrogen-bond donors (Lipinski definition) is 0. The molecule has 2 heterocycles. The van der Waals surface area contributed by atoms with Crippen molar-refractivity contribution in [2.75, 3.05) is 43.1 Å². The molecule has 0 aliphatic carbocycles. The van der Waals surface area contributed by atoms with Crippen molar-refractivity contribution in [1.29, 1.82) is 0 Å². The number of ether oxygens (including phenoxy) is 2. The molecular weight excluding hydrogens is 359 g/mol. The van der Waals surface area contributed by atoms with Crippen molar-refractivity contribution in [3.63, 3.8) is 0 Å². The van der Waals surface area contributed by atoms with Gasteiger partial charge in [-0.1, -0.05) is 24.3 Å². The largest absolute Gasteiger partial charge is 0.495 e. The van der Waals surface area contributed by atoms with Crippen molar-refractivity contribution < 1.29 is 13.9 Å². The summed E-state index contributed by atoms with van der Waals surface area (Å²) in [5.74, 6) is 1.68. The average molecular weight is 380 g/mol. The van der Waals surface area contributed by atoms with E-state index in [-0.39, 0.29) is 5.75 Å². The van der Waals surface area contributed by atoms with Crippen molar-refractivity contribution in [1.82, 2.24) is 9.97 Å². The van der Waals surface area contributed by atoms with Crippen LogP contribution in [0.2, 0.25) is 0 Å². The van der Waals surface area contributed by atoms with E-state index < -0.39 is 5.82 Å². The summed E-state index contributed by atoms with van der Waals surface area (Å²) < 4.78 is 24.9. The van der Waals surface area contributed by atoms with Crippen LogP contribution >= 0.6 is 0 Å². The maximum Gasteiger partial charge on any atom is 0.224 e. The molecule has 2 aromatic carbocycles. The Morgan fingerprint density at radius 2 is 1.54 bits per heavy atom. The Hall–Kier alpha value is -3.35. The van der Waals surface area contributed by atoms with E-state index in [2.05, 4.69) is 25.8 Å². The first-order valence-corrected chi connectivity index (χ1v) is 9.12. The number of aromatic nitrogens is 2. The van der Waals surface area contributed by atoms with E-state index in [1.165, 1.54) is 12.4 Å². The molecule has 1 aliphatic rings. The molecule has 0 radical (unpaired) electrons. The topological polar surface area (TPSA) is 50.7 Å². The van der Waals surface area contributed by atoms with Gasteiger partial charge in [-0.2, -0.15) is 0 Å². The van der Waals surface area contributed by atoms with E-state index in [0.29, 0.717) is 5.88 Å². The summed E-state index contributed by atoms with van der Waals surface area (Å²) in [6.07, 6.45) is 1.44. The molecule has 0 atom stereocenters. The van der Waals surface area contributed by atoms with Gasteiger partial charge in [0, 0.05) is 32.2 Å². The molecule has 28 heavy (non-hydrogen) atoms. The molecule has 144 valence electrons. The quantitative estimate of drug-likeness (QED) is 0.672. The number of methoxy groups -OCH3 is 1. The van der Waals surface area contributed by atoms with E-state index in [9.17, 15) is 4.39 Å². The molecule has 6 nitrogen and oxygen atoms in total. The Balaban J connectivity index is 1.44. The number of nitrogens with zero attached hydrogens (tertiary/aromatic N) is 4. The highest BCUT2D eigenvalue weighted by molar-refractivity contribution is 5.59. The third-order valence-corrected chi connectivity index (χ3v) is 4.71. The molecule has 0 saturated carbocycles. The minimum absolute atomic E-state index is 0.146. The molecule has 1 aliphatic heterocycles. The van der Waals surface area contributed by atoms with Gasteiger partial charge in [0.05, 0.1) is 12.8 Å². The van der Waals surface area contributed by atoms with Gasteiger partial charge in [0.1, 0.15) is 17.9 Å². The van der Waals surface area contributed by atoms with Gasteiger partial charge in [0.25, 0.3) is 0 Å². The zero-order chi connectivity index (χ0) is 19.3. The predicted octanol–water partition coefficient (Wildman–Crippen LogP) is 3.74. The lowest BCUT2D eigenvalue weighted by molar-refractivity contribution is 0.413. The standard InChI is InChI=1S/C21H21FN4O2/c1-27-19-9-5-3-7-17(19)25-10-12-26(13-11-25)20-14-21(24-15-23-20)28-18-8-4-2-6-16(18)22/h2-9,14-15H,10-13H2,1H3. The fourth-order valence-corrected chi connectivity index (χ4v) is 3.27. The number of piperazine rings is 1. The summed E-state index contributed by atoms with van der Waals surface area (Å²) in [5, 5.41) is 0. The molecule has 0 N–H and O–H groups in total. The van der Waals surface area contributed by atoms with Crippen LogP contribution in [0.15, 0.2) is 60.9 Å². The van der Waals surface area contributed by atoms with Crippen LogP contribution in [0.1, 0.15) is 0 Å². The lowest BCUT2D eigenvalue weighted by atomic mass is 10.2. The maximum absolute atomic E-state index is 13.8. The number of hydrogen-bond acceptors (Lipinski definition) is 6. The van der Waals surface area contributed by atoms with E-state index in [4.69, 9.17) is 9.47 Å². The van der Waals surface area contributed by atoms with Crippen molar-refractivity contribution in [3.8, 4) is 17.4 Å². The van der Waals surface area contributed by atoms with Crippen LogP contribution < -0.4 is 19.3 Å². The first-order chi connectivity index (χ1) is 13.7. The maximum atomic E-state index is 13.8. The van der Waals surface area contributed by atoms with Gasteiger partial charge in [-0.15, -0.1) is 0 Å². The summed E-state index contributed by atoms with van der Waals surface area (Å²) in [6.45, 7) is 3.28. The van der Waals surface area contributed by atoms with Gasteiger partial charge in [0.2, 0.25) is 5.88 Å². The molecule has 3 aromatic rings. The fourth-order valence-electron chi connectivity index (χ4n) is 3.27. The lowest BCUT2D eigenvalue weighted by Crippen LogP contribution is -2.47. The Kier molecular flexibility index (Phi) is 5.23. The zero-order valence-electron chi connectivity index (χ0n) is 15.6. The van der Waals surface area contributed by atoms with Crippen molar-refractivity contribution >= 4 is 11.5 Å². The summed E-state index contributed by atoms with van der Waals surface area (Å²) in [7, 11) is 1.69. The monoisotopic (exact) mass is 380 g/mol. The molecule has 0 unspecified atom stereocenters. The third kappa shape index (κ3) is 3.83. The van der Waals surface area contributed by atoms with E-state index in [0.717, 1.165) is 43.4 Å². The minimum Gasteiger partial charge on any atom is -0.495 e. The molecule has 7 heteroatoms. The lowest BCUT2D eigenvalue weighted by Gasteiger charge is -2.37. The van der Waals surface area contributed by atoms with Crippen LogP contribution in [0, 0.1) is 5.82 Å². The Bertz CT molecular complexity index is 945. The summed E-state index contributed by atoms with van der Waals surface area (Å²) in [5.41, 5.74) is 1.09. The predicted molar refractivity (Wildman–Crippen MR) is 106 cm³/mol. The molecule has 1 saturated heterocycles. The molecule has 4 rings (SSSR count). The first-order valence-electron chi connectivity index (χ1n) is 9.12. The second kappa shape index (κ2) is 8.12. The molecule has 0 amide bonds.